The second kappa shape index (κ2) is 28.2. The lowest BCUT2D eigenvalue weighted by Gasteiger charge is -2.04. The molecule has 186 valence electrons. The van der Waals surface area contributed by atoms with Crippen molar-refractivity contribution in [3.8, 4) is 0 Å². The van der Waals surface area contributed by atoms with Crippen LogP contribution in [0.25, 0.3) is 0 Å². The monoisotopic (exact) mass is 474 g/mol. The highest BCUT2D eigenvalue weighted by molar-refractivity contribution is 7.99. The predicted octanol–water partition coefficient (Wildman–Crippen LogP) is 10.1. The van der Waals surface area contributed by atoms with Gasteiger partial charge in [0.05, 0.1) is 18.5 Å². The minimum Gasteiger partial charge on any atom is -0.391 e. The van der Waals surface area contributed by atoms with Gasteiger partial charge in [-0.1, -0.05) is 129 Å². The van der Waals surface area contributed by atoms with Gasteiger partial charge >= 0.3 is 5.97 Å². The second-order valence-electron chi connectivity index (χ2n) is 9.00. The number of carbonyl (C=O) groups excluding carboxylic acids is 1. The summed E-state index contributed by atoms with van der Waals surface area (Å²) in [5.41, 5.74) is 0. The molecule has 0 saturated heterocycles. The van der Waals surface area contributed by atoms with Crippen molar-refractivity contribution in [3.63, 3.8) is 0 Å². The van der Waals surface area contributed by atoms with Gasteiger partial charge in [-0.2, -0.15) is 11.8 Å². The summed E-state index contributed by atoms with van der Waals surface area (Å²) in [5, 5.41) is 0. The van der Waals surface area contributed by atoms with Crippen molar-refractivity contribution >= 4 is 29.8 Å². The van der Waals surface area contributed by atoms with Crippen molar-refractivity contribution in [2.75, 3.05) is 17.3 Å². The Balaban J connectivity index is 3.14. The summed E-state index contributed by atoms with van der Waals surface area (Å²) in [6.07, 6.45) is 27.9. The van der Waals surface area contributed by atoms with Gasteiger partial charge in [0.15, 0.2) is 0 Å². The molecule has 0 bridgehead atoms. The number of unbranched alkanes of at least 4 members (excludes halogenated alkanes) is 18. The van der Waals surface area contributed by atoms with E-state index in [2.05, 4.69) is 13.8 Å². The highest BCUT2D eigenvalue weighted by atomic mass is 32.2. The van der Waals surface area contributed by atoms with Crippen molar-refractivity contribution in [3.05, 3.63) is 0 Å². The van der Waals surface area contributed by atoms with Gasteiger partial charge in [0.1, 0.15) is 0 Å². The van der Waals surface area contributed by atoms with Gasteiger partial charge in [0.2, 0.25) is 0 Å². The van der Waals surface area contributed by atoms with E-state index in [9.17, 15) is 4.79 Å². The van der Waals surface area contributed by atoms with Crippen LogP contribution in [0.2, 0.25) is 0 Å². The van der Waals surface area contributed by atoms with Crippen molar-refractivity contribution < 1.29 is 8.98 Å². The molecular weight excluding hydrogens is 420 g/mol. The van der Waals surface area contributed by atoms with Gasteiger partial charge in [-0.3, -0.25) is 4.79 Å². The average Bonchev–Trinajstić information content (AvgIpc) is 2.77. The fourth-order valence-electron chi connectivity index (χ4n) is 3.75. The van der Waals surface area contributed by atoms with Crippen molar-refractivity contribution in [1.29, 1.82) is 0 Å². The molecule has 2 nitrogen and oxygen atoms in total. The smallest absolute Gasteiger partial charge is 0.318 e. The minimum absolute atomic E-state index is 0.0346. The molecule has 0 aromatic rings. The lowest BCUT2D eigenvalue weighted by molar-refractivity contribution is -0.132. The first kappa shape index (κ1) is 31.2. The number of hydrogen-bond donors (Lipinski definition) is 0. The van der Waals surface area contributed by atoms with Crippen LogP contribution in [0.3, 0.4) is 0 Å². The van der Waals surface area contributed by atoms with Gasteiger partial charge in [0, 0.05) is 11.5 Å². The van der Waals surface area contributed by atoms with Crippen LogP contribution in [-0.2, 0) is 8.98 Å². The maximum Gasteiger partial charge on any atom is 0.318 e. The number of hydrogen-bond acceptors (Lipinski definition) is 4. The zero-order valence-corrected chi connectivity index (χ0v) is 22.7. The summed E-state index contributed by atoms with van der Waals surface area (Å²) in [4.78, 5) is 11.8. The molecule has 0 atom stereocenters. The molecule has 0 rings (SSSR count). The number of carbonyl (C=O) groups is 1. The Hall–Kier alpha value is 0.170. The van der Waals surface area contributed by atoms with E-state index in [1.165, 1.54) is 146 Å². The van der Waals surface area contributed by atoms with Crippen LogP contribution in [0.5, 0.6) is 0 Å². The van der Waals surface area contributed by atoms with Crippen LogP contribution in [0, 0.1) is 0 Å². The Labute approximate surface area is 204 Å². The van der Waals surface area contributed by atoms with E-state index in [1.807, 2.05) is 11.8 Å². The lowest BCUT2D eigenvalue weighted by atomic mass is 10.1. The van der Waals surface area contributed by atoms with Crippen LogP contribution in [0.4, 0.5) is 0 Å². The van der Waals surface area contributed by atoms with E-state index >= 15 is 0 Å². The quantitative estimate of drug-likeness (QED) is 0.0919. The first-order chi connectivity index (χ1) is 15.3. The fourth-order valence-corrected chi connectivity index (χ4v) is 5.29. The van der Waals surface area contributed by atoms with Crippen molar-refractivity contribution in [2.24, 2.45) is 0 Å². The van der Waals surface area contributed by atoms with E-state index < -0.39 is 0 Å². The van der Waals surface area contributed by atoms with E-state index in [1.54, 1.807) is 0 Å². The molecule has 0 spiro atoms. The van der Waals surface area contributed by atoms with Crippen LogP contribution in [0.1, 0.15) is 149 Å². The van der Waals surface area contributed by atoms with Gasteiger partial charge in [-0.15, -0.1) is 0 Å². The molecule has 0 radical (unpaired) electrons. The third-order valence-corrected chi connectivity index (χ3v) is 7.66. The molecule has 31 heavy (non-hydrogen) atoms. The zero-order chi connectivity index (χ0) is 22.7. The Bertz CT molecular complexity index is 350. The molecule has 0 aromatic heterocycles. The molecule has 0 aliphatic carbocycles. The largest absolute Gasteiger partial charge is 0.391 e. The molecular formula is C27H54O2S2. The zero-order valence-electron chi connectivity index (χ0n) is 21.1. The van der Waals surface area contributed by atoms with Crippen LogP contribution in [-0.4, -0.2) is 23.2 Å². The summed E-state index contributed by atoms with van der Waals surface area (Å²) in [6, 6.07) is 0. The Kier molecular flexibility index (Phi) is 28.4. The molecule has 0 unspecified atom stereocenters. The van der Waals surface area contributed by atoms with Crippen LogP contribution in [0.15, 0.2) is 0 Å². The molecule has 0 N–H and O–H groups in total. The fraction of sp³-hybridized carbons (Fsp3) is 0.963. The summed E-state index contributed by atoms with van der Waals surface area (Å²) < 4.78 is 5.30. The van der Waals surface area contributed by atoms with Gasteiger partial charge in [-0.25, -0.2) is 0 Å². The van der Waals surface area contributed by atoms with E-state index in [0.717, 1.165) is 11.5 Å². The summed E-state index contributed by atoms with van der Waals surface area (Å²) >= 11 is 3.28. The normalized spacial score (nSPS) is 11.2. The summed E-state index contributed by atoms with van der Waals surface area (Å²) in [5.74, 6) is 3.02. The maximum absolute atomic E-state index is 11.8. The van der Waals surface area contributed by atoms with Gasteiger partial charge < -0.3 is 4.18 Å². The molecule has 0 aromatic carbocycles. The van der Waals surface area contributed by atoms with Crippen molar-refractivity contribution in [2.45, 2.75) is 149 Å². The van der Waals surface area contributed by atoms with E-state index in [4.69, 9.17) is 4.18 Å². The van der Waals surface area contributed by atoms with E-state index in [0.29, 0.717) is 6.42 Å². The van der Waals surface area contributed by atoms with Crippen LogP contribution >= 0.6 is 23.8 Å². The topological polar surface area (TPSA) is 26.3 Å². The van der Waals surface area contributed by atoms with Crippen LogP contribution < -0.4 is 0 Å². The molecule has 0 saturated carbocycles. The second-order valence-corrected chi connectivity index (χ2v) is 11.0. The SMILES string of the molecule is CCCCCCCCCCCCSCCC(=O)OSCCCCCCCCCCCC. The minimum atomic E-state index is -0.0346. The molecule has 0 amide bonds. The first-order valence-corrected chi connectivity index (χ1v) is 15.8. The maximum atomic E-state index is 11.8. The Morgan fingerprint density at radius 3 is 1.35 bits per heavy atom. The van der Waals surface area contributed by atoms with Gasteiger partial charge in [0.25, 0.3) is 0 Å². The summed E-state index contributed by atoms with van der Waals surface area (Å²) in [6.45, 7) is 4.55. The molecule has 0 fully saturated rings. The predicted molar refractivity (Wildman–Crippen MR) is 144 cm³/mol. The van der Waals surface area contributed by atoms with Gasteiger partial charge in [-0.05, 0) is 18.6 Å². The molecule has 0 aliphatic heterocycles. The highest BCUT2D eigenvalue weighted by Crippen LogP contribution is 2.15. The third-order valence-electron chi connectivity index (χ3n) is 5.83. The van der Waals surface area contributed by atoms with E-state index in [-0.39, 0.29) is 5.97 Å². The average molecular weight is 475 g/mol. The number of rotatable bonds is 26. The first-order valence-electron chi connectivity index (χ1n) is 13.7. The third kappa shape index (κ3) is 28.1. The Morgan fingerprint density at radius 1 is 0.516 bits per heavy atom. The lowest BCUT2D eigenvalue weighted by Crippen LogP contribution is -2.01. The molecule has 4 heteroatoms. The highest BCUT2D eigenvalue weighted by Gasteiger charge is 2.04. The standard InChI is InChI=1S/C27H54O2S2/c1-3-5-7-9-11-13-15-17-19-21-24-30-26-23-27(28)29-31-25-22-20-18-16-14-12-10-8-6-4-2/h3-26H2,1-2H3. The number of thioether (sulfide) groups is 1. The Morgan fingerprint density at radius 2 is 0.903 bits per heavy atom. The summed E-state index contributed by atoms with van der Waals surface area (Å²) in [7, 11) is 0. The molecule has 0 aliphatic rings. The molecule has 0 heterocycles. The van der Waals surface area contributed by atoms with Crippen molar-refractivity contribution in [1.82, 2.24) is 0 Å².